The molecule has 0 saturated carbocycles. The maximum atomic E-state index is 3.44. The lowest BCUT2D eigenvalue weighted by Crippen LogP contribution is -2.10. The van der Waals surface area contributed by atoms with Gasteiger partial charge in [-0.25, -0.2) is 0 Å². The summed E-state index contributed by atoms with van der Waals surface area (Å²) in [5.74, 6) is 0. The van der Waals surface area contributed by atoms with Crippen molar-refractivity contribution in [3.63, 3.8) is 0 Å². The van der Waals surface area contributed by atoms with Crippen LogP contribution in [0, 0.1) is 0 Å². The van der Waals surface area contributed by atoms with Gasteiger partial charge in [-0.2, -0.15) is 0 Å². The molecule has 0 amide bonds. The third kappa shape index (κ3) is 3.13. The number of benzene rings is 7. The molecule has 2 nitrogen and oxygen atoms in total. The number of aromatic nitrogens is 1. The van der Waals surface area contributed by atoms with Gasteiger partial charge in [0.05, 0.1) is 11.2 Å². The van der Waals surface area contributed by atoms with Crippen molar-refractivity contribution in [3.8, 4) is 39.1 Å². The third-order valence-electron chi connectivity index (χ3n) is 9.56. The summed E-state index contributed by atoms with van der Waals surface area (Å²) in [5.41, 5.74) is 12.9. The molecular weight excluding hydrogens is 520 g/mol. The number of nitrogens with one attached hydrogen (secondary N) is 1. The van der Waals surface area contributed by atoms with Gasteiger partial charge >= 0.3 is 0 Å². The van der Waals surface area contributed by atoms with Crippen LogP contribution in [0.1, 0.15) is 11.3 Å². The standard InChI is InChI=1S/C41H26N2/c1-2-13-31-25(7-1)17-18-34-38-24-42-20-19-39(38)43(41(31)34)29-12-3-10-27(21-29)30-14-6-11-28-22-36-32-15-4-8-26-9-5-16-33(40(26)32)37(36)23-35(28)30/h1-23,42H,24H2. The lowest BCUT2D eigenvalue weighted by molar-refractivity contribution is 0.855. The fraction of sp³-hybridized carbons (Fsp3) is 0.0244. The van der Waals surface area contributed by atoms with Crippen LogP contribution >= 0.6 is 0 Å². The lowest BCUT2D eigenvalue weighted by Gasteiger charge is -2.15. The van der Waals surface area contributed by atoms with Crippen molar-refractivity contribution in [2.75, 3.05) is 0 Å². The molecule has 0 unspecified atom stereocenters. The highest BCUT2D eigenvalue weighted by molar-refractivity contribution is 6.18. The molecule has 2 heterocycles. The predicted octanol–water partition coefficient (Wildman–Crippen LogP) is 10.5. The summed E-state index contributed by atoms with van der Waals surface area (Å²) in [5, 5.41) is 12.5. The van der Waals surface area contributed by atoms with E-state index >= 15 is 0 Å². The van der Waals surface area contributed by atoms with E-state index < -0.39 is 0 Å². The molecule has 200 valence electrons. The van der Waals surface area contributed by atoms with Crippen LogP contribution in [0.3, 0.4) is 0 Å². The highest BCUT2D eigenvalue weighted by Gasteiger charge is 2.23. The Morgan fingerprint density at radius 2 is 1.26 bits per heavy atom. The van der Waals surface area contributed by atoms with Crippen molar-refractivity contribution >= 4 is 49.3 Å². The molecule has 7 aromatic carbocycles. The van der Waals surface area contributed by atoms with E-state index in [0.29, 0.717) is 0 Å². The van der Waals surface area contributed by atoms with E-state index in [0.717, 1.165) is 6.54 Å². The molecule has 8 aromatic rings. The maximum absolute atomic E-state index is 3.44. The average Bonchev–Trinajstić information content (AvgIpc) is 3.58. The van der Waals surface area contributed by atoms with Gasteiger partial charge in [0, 0.05) is 28.6 Å². The Kier molecular flexibility index (Phi) is 4.53. The predicted molar refractivity (Wildman–Crippen MR) is 182 cm³/mol. The van der Waals surface area contributed by atoms with Crippen LogP contribution in [0.4, 0.5) is 0 Å². The number of hydrogen-bond acceptors (Lipinski definition) is 1. The average molecular weight is 547 g/mol. The molecule has 10 rings (SSSR count). The van der Waals surface area contributed by atoms with E-state index in [2.05, 4.69) is 150 Å². The molecule has 2 heteroatoms. The zero-order chi connectivity index (χ0) is 28.1. The Hall–Kier alpha value is -5.60. The molecule has 0 radical (unpaired) electrons. The topological polar surface area (TPSA) is 17.0 Å². The first-order valence-corrected chi connectivity index (χ1v) is 15.0. The molecule has 0 fully saturated rings. The van der Waals surface area contributed by atoms with Crippen molar-refractivity contribution in [2.24, 2.45) is 0 Å². The van der Waals surface area contributed by atoms with Gasteiger partial charge in [-0.05, 0) is 96.9 Å². The fourth-order valence-corrected chi connectivity index (χ4v) is 7.69. The molecule has 1 aromatic heterocycles. The van der Waals surface area contributed by atoms with E-state index in [1.165, 1.54) is 93.5 Å². The molecule has 0 spiro atoms. The summed E-state index contributed by atoms with van der Waals surface area (Å²) >= 11 is 0. The van der Waals surface area contributed by atoms with Gasteiger partial charge in [-0.15, -0.1) is 0 Å². The van der Waals surface area contributed by atoms with Crippen molar-refractivity contribution in [1.82, 2.24) is 9.88 Å². The molecule has 0 atom stereocenters. The van der Waals surface area contributed by atoms with Crippen molar-refractivity contribution in [3.05, 3.63) is 145 Å². The van der Waals surface area contributed by atoms with Gasteiger partial charge < -0.3 is 9.88 Å². The van der Waals surface area contributed by atoms with Crippen molar-refractivity contribution in [1.29, 1.82) is 0 Å². The van der Waals surface area contributed by atoms with Gasteiger partial charge in [0.25, 0.3) is 0 Å². The van der Waals surface area contributed by atoms with Gasteiger partial charge in [0.15, 0.2) is 0 Å². The summed E-state index contributed by atoms with van der Waals surface area (Å²) in [6, 6.07) is 47.3. The van der Waals surface area contributed by atoms with E-state index in [1.54, 1.807) is 0 Å². The summed E-state index contributed by atoms with van der Waals surface area (Å²) in [7, 11) is 0. The first-order valence-electron chi connectivity index (χ1n) is 15.0. The maximum Gasteiger partial charge on any atom is 0.0616 e. The Morgan fingerprint density at radius 3 is 2.14 bits per heavy atom. The zero-order valence-corrected chi connectivity index (χ0v) is 23.4. The molecule has 1 aliphatic heterocycles. The van der Waals surface area contributed by atoms with E-state index in [-0.39, 0.29) is 0 Å². The largest absolute Gasteiger partial charge is 0.387 e. The molecule has 0 saturated heterocycles. The third-order valence-corrected chi connectivity index (χ3v) is 9.56. The number of rotatable bonds is 2. The zero-order valence-electron chi connectivity index (χ0n) is 23.4. The lowest BCUT2D eigenvalue weighted by atomic mass is 9.93. The molecule has 1 N–H and O–H groups in total. The summed E-state index contributed by atoms with van der Waals surface area (Å²) in [4.78, 5) is 0. The normalized spacial score (nSPS) is 13.1. The van der Waals surface area contributed by atoms with E-state index in [9.17, 15) is 0 Å². The van der Waals surface area contributed by atoms with Crippen LogP contribution in [0.5, 0.6) is 0 Å². The van der Waals surface area contributed by atoms with Gasteiger partial charge in [-0.3, -0.25) is 0 Å². The second kappa shape index (κ2) is 8.47. The fourth-order valence-electron chi connectivity index (χ4n) is 7.69. The summed E-state index contributed by atoms with van der Waals surface area (Å²) in [6.45, 7) is 0.830. The van der Waals surface area contributed by atoms with Crippen LogP contribution in [-0.2, 0) is 6.54 Å². The minimum Gasteiger partial charge on any atom is -0.387 e. The van der Waals surface area contributed by atoms with Crippen LogP contribution in [-0.4, -0.2) is 4.57 Å². The highest BCUT2D eigenvalue weighted by Crippen LogP contribution is 2.49. The van der Waals surface area contributed by atoms with Crippen LogP contribution in [0.15, 0.2) is 134 Å². The minimum atomic E-state index is 0.830. The minimum absolute atomic E-state index is 0.830. The smallest absolute Gasteiger partial charge is 0.0616 e. The molecule has 0 bridgehead atoms. The molecule has 2 aliphatic rings. The number of hydrogen-bond donors (Lipinski definition) is 1. The Morgan fingerprint density at radius 1 is 0.512 bits per heavy atom. The number of fused-ring (bicyclic) bond motifs is 9. The SMILES string of the molecule is C1=Cc2c(c3ccc4ccccc4c3n2-c2cccc(-c3cccc4cc5c(cc34)-c3cccc4cccc-5c34)c2)CN1. The van der Waals surface area contributed by atoms with Crippen LogP contribution in [0.25, 0.3) is 88.4 Å². The monoisotopic (exact) mass is 546 g/mol. The van der Waals surface area contributed by atoms with Crippen LogP contribution < -0.4 is 5.32 Å². The Labute approximate surface area is 249 Å². The quantitative estimate of drug-likeness (QED) is 0.228. The molecule has 1 aliphatic carbocycles. The Balaban J connectivity index is 1.22. The first kappa shape index (κ1) is 23.0. The van der Waals surface area contributed by atoms with Crippen molar-refractivity contribution in [2.45, 2.75) is 6.54 Å². The van der Waals surface area contributed by atoms with Crippen molar-refractivity contribution < 1.29 is 0 Å². The van der Waals surface area contributed by atoms with Gasteiger partial charge in [-0.1, -0.05) is 103 Å². The van der Waals surface area contributed by atoms with Crippen LogP contribution in [0.2, 0.25) is 0 Å². The summed E-state index contributed by atoms with van der Waals surface area (Å²) in [6.07, 6.45) is 4.30. The molecular formula is C41H26N2. The second-order valence-corrected chi connectivity index (χ2v) is 11.8. The second-order valence-electron chi connectivity index (χ2n) is 11.8. The summed E-state index contributed by atoms with van der Waals surface area (Å²) < 4.78 is 2.47. The first-order chi connectivity index (χ1) is 21.3. The van der Waals surface area contributed by atoms with E-state index in [4.69, 9.17) is 0 Å². The van der Waals surface area contributed by atoms with Gasteiger partial charge in [0.1, 0.15) is 0 Å². The van der Waals surface area contributed by atoms with Gasteiger partial charge in [0.2, 0.25) is 0 Å². The Bertz CT molecular complexity index is 2500. The van der Waals surface area contributed by atoms with E-state index in [1.807, 2.05) is 0 Å². The molecule has 43 heavy (non-hydrogen) atoms. The highest BCUT2D eigenvalue weighted by atomic mass is 15.0. The number of nitrogens with zero attached hydrogens (tertiary/aromatic N) is 1.